The number of halogens is 1. The average Bonchev–Trinajstić information content (AvgIpc) is 2.63. The minimum atomic E-state index is -0.675. The highest BCUT2D eigenvalue weighted by Crippen LogP contribution is 2.58. The van der Waals surface area contributed by atoms with Gasteiger partial charge in [0.15, 0.2) is 0 Å². The van der Waals surface area contributed by atoms with Gasteiger partial charge in [0.2, 0.25) is 0 Å². The molecule has 0 bridgehead atoms. The molecular weight excluding hydrogens is 248 g/mol. The third-order valence-corrected chi connectivity index (χ3v) is 5.02. The summed E-state index contributed by atoms with van der Waals surface area (Å²) < 4.78 is 1.04. The summed E-state index contributed by atoms with van der Waals surface area (Å²) >= 11 is 5.10. The molecule has 0 spiro atoms. The summed E-state index contributed by atoms with van der Waals surface area (Å²) in [4.78, 5) is 0. The second-order valence-electron chi connectivity index (χ2n) is 4.27. The van der Waals surface area contributed by atoms with E-state index in [1.165, 1.54) is 0 Å². The summed E-state index contributed by atoms with van der Waals surface area (Å²) in [7, 11) is 0. The van der Waals surface area contributed by atoms with Crippen LogP contribution in [0.4, 0.5) is 0 Å². The second-order valence-corrected chi connectivity index (χ2v) is 5.86. The lowest BCUT2D eigenvalue weighted by Gasteiger charge is -2.30. The van der Waals surface area contributed by atoms with Gasteiger partial charge >= 0.3 is 0 Å². The Morgan fingerprint density at radius 3 is 2.54 bits per heavy atom. The highest BCUT2D eigenvalue weighted by Gasteiger charge is 2.53. The van der Waals surface area contributed by atoms with Crippen molar-refractivity contribution >= 4 is 27.3 Å². The van der Waals surface area contributed by atoms with Crippen molar-refractivity contribution in [3.63, 3.8) is 0 Å². The SMILES string of the molecule is CC1(C(C)(O)c2cscc2Br)CC1. The predicted octanol–water partition coefficient (Wildman–Crippen LogP) is 3.52. The summed E-state index contributed by atoms with van der Waals surface area (Å²) in [6.45, 7) is 4.07. The molecule has 0 amide bonds. The largest absolute Gasteiger partial charge is 0.385 e. The molecule has 1 aliphatic rings. The topological polar surface area (TPSA) is 20.2 Å². The van der Waals surface area contributed by atoms with E-state index in [9.17, 15) is 5.11 Å². The third-order valence-electron chi connectivity index (χ3n) is 3.31. The average molecular weight is 261 g/mol. The first-order valence-corrected chi connectivity index (χ1v) is 6.15. The van der Waals surface area contributed by atoms with Gasteiger partial charge in [-0.15, -0.1) is 0 Å². The Balaban J connectivity index is 2.40. The first-order chi connectivity index (χ1) is 5.97. The van der Waals surface area contributed by atoms with Crippen LogP contribution in [0.2, 0.25) is 0 Å². The van der Waals surface area contributed by atoms with Crippen LogP contribution in [0.25, 0.3) is 0 Å². The normalized spacial score (nSPS) is 24.0. The van der Waals surface area contributed by atoms with E-state index in [1.54, 1.807) is 11.3 Å². The zero-order valence-electron chi connectivity index (χ0n) is 7.80. The number of thiophene rings is 1. The van der Waals surface area contributed by atoms with Crippen LogP contribution in [0.15, 0.2) is 15.2 Å². The van der Waals surface area contributed by atoms with Crippen molar-refractivity contribution in [3.8, 4) is 0 Å². The standard InChI is InChI=1S/C10H13BrOS/c1-9(3-4-9)10(2,12)7-5-13-6-8(7)11/h5-6,12H,3-4H2,1-2H3. The molecule has 0 saturated heterocycles. The third kappa shape index (κ3) is 1.37. The summed E-state index contributed by atoms with van der Waals surface area (Å²) in [5.74, 6) is 0. The van der Waals surface area contributed by atoms with Crippen LogP contribution in [-0.4, -0.2) is 5.11 Å². The van der Waals surface area contributed by atoms with Crippen molar-refractivity contribution in [3.05, 3.63) is 20.8 Å². The molecule has 1 unspecified atom stereocenters. The summed E-state index contributed by atoms with van der Waals surface area (Å²) in [6, 6.07) is 0. The molecule has 3 heteroatoms. The highest BCUT2D eigenvalue weighted by molar-refractivity contribution is 9.10. The summed E-state index contributed by atoms with van der Waals surface area (Å²) in [5.41, 5.74) is 0.458. The van der Waals surface area contributed by atoms with Crippen molar-refractivity contribution in [2.45, 2.75) is 32.3 Å². The maximum absolute atomic E-state index is 10.4. The van der Waals surface area contributed by atoms with Gasteiger partial charge in [-0.3, -0.25) is 0 Å². The van der Waals surface area contributed by atoms with Crippen LogP contribution in [0.1, 0.15) is 32.3 Å². The number of rotatable bonds is 2. The molecule has 1 saturated carbocycles. The van der Waals surface area contributed by atoms with Gasteiger partial charge in [0.25, 0.3) is 0 Å². The fourth-order valence-electron chi connectivity index (χ4n) is 1.63. The molecular formula is C10H13BrOS. The van der Waals surface area contributed by atoms with Gasteiger partial charge in [0.1, 0.15) is 0 Å². The maximum Gasteiger partial charge on any atom is 0.0940 e. The second kappa shape index (κ2) is 2.81. The Kier molecular flexibility index (Phi) is 2.10. The minimum absolute atomic E-state index is 0.0938. The zero-order valence-corrected chi connectivity index (χ0v) is 10.2. The van der Waals surface area contributed by atoms with Gasteiger partial charge in [0.05, 0.1) is 5.60 Å². The van der Waals surface area contributed by atoms with Gasteiger partial charge in [-0.2, -0.15) is 11.3 Å². The maximum atomic E-state index is 10.4. The number of hydrogen-bond acceptors (Lipinski definition) is 2. The molecule has 0 radical (unpaired) electrons. The van der Waals surface area contributed by atoms with Crippen molar-refractivity contribution in [2.24, 2.45) is 5.41 Å². The van der Waals surface area contributed by atoms with E-state index >= 15 is 0 Å². The molecule has 1 atom stereocenters. The first kappa shape index (κ1) is 9.69. The van der Waals surface area contributed by atoms with Crippen molar-refractivity contribution in [2.75, 3.05) is 0 Å². The lowest BCUT2D eigenvalue weighted by atomic mass is 9.83. The molecule has 13 heavy (non-hydrogen) atoms. The molecule has 0 aromatic carbocycles. The molecule has 1 nitrogen and oxygen atoms in total. The van der Waals surface area contributed by atoms with Gasteiger partial charge in [-0.05, 0) is 41.1 Å². The van der Waals surface area contributed by atoms with Crippen molar-refractivity contribution in [1.29, 1.82) is 0 Å². The van der Waals surface area contributed by atoms with Crippen LogP contribution in [0.3, 0.4) is 0 Å². The molecule has 72 valence electrons. The lowest BCUT2D eigenvalue weighted by molar-refractivity contribution is -0.0129. The van der Waals surface area contributed by atoms with Crippen LogP contribution in [0, 0.1) is 5.41 Å². The summed E-state index contributed by atoms with van der Waals surface area (Å²) in [5, 5.41) is 14.5. The fourth-order valence-corrected chi connectivity index (χ4v) is 3.41. The Labute approximate surface area is 90.9 Å². The van der Waals surface area contributed by atoms with Gasteiger partial charge in [-0.25, -0.2) is 0 Å². The first-order valence-electron chi connectivity index (χ1n) is 4.42. The minimum Gasteiger partial charge on any atom is -0.385 e. The fraction of sp³-hybridized carbons (Fsp3) is 0.600. The number of hydrogen-bond donors (Lipinski definition) is 1. The molecule has 1 aliphatic carbocycles. The molecule has 2 rings (SSSR count). The predicted molar refractivity (Wildman–Crippen MR) is 58.9 cm³/mol. The quantitative estimate of drug-likeness (QED) is 0.863. The zero-order chi connectivity index (χ0) is 9.69. The molecule has 1 heterocycles. The van der Waals surface area contributed by atoms with E-state index in [0.29, 0.717) is 0 Å². The Hall–Kier alpha value is 0.140. The number of aliphatic hydroxyl groups is 1. The van der Waals surface area contributed by atoms with E-state index < -0.39 is 5.60 Å². The molecule has 1 fully saturated rings. The van der Waals surface area contributed by atoms with E-state index in [1.807, 2.05) is 17.7 Å². The molecule has 0 aliphatic heterocycles. The van der Waals surface area contributed by atoms with Crippen LogP contribution < -0.4 is 0 Å². The monoisotopic (exact) mass is 260 g/mol. The van der Waals surface area contributed by atoms with Crippen LogP contribution in [0.5, 0.6) is 0 Å². The Morgan fingerprint density at radius 1 is 1.54 bits per heavy atom. The molecule has 1 aromatic rings. The van der Waals surface area contributed by atoms with E-state index in [-0.39, 0.29) is 5.41 Å². The van der Waals surface area contributed by atoms with E-state index in [2.05, 4.69) is 22.9 Å². The van der Waals surface area contributed by atoms with Crippen LogP contribution in [-0.2, 0) is 5.60 Å². The van der Waals surface area contributed by atoms with Gasteiger partial charge in [0, 0.05) is 20.8 Å². The van der Waals surface area contributed by atoms with E-state index in [4.69, 9.17) is 0 Å². The van der Waals surface area contributed by atoms with Crippen molar-refractivity contribution in [1.82, 2.24) is 0 Å². The molecule has 1 aromatic heterocycles. The Morgan fingerprint density at radius 2 is 2.15 bits per heavy atom. The van der Waals surface area contributed by atoms with Gasteiger partial charge in [-0.1, -0.05) is 6.92 Å². The highest BCUT2D eigenvalue weighted by atomic mass is 79.9. The summed E-state index contributed by atoms with van der Waals surface area (Å²) in [6.07, 6.45) is 2.25. The smallest absolute Gasteiger partial charge is 0.0940 e. The van der Waals surface area contributed by atoms with Gasteiger partial charge < -0.3 is 5.11 Å². The Bertz CT molecular complexity index is 325. The molecule has 1 N–H and O–H groups in total. The van der Waals surface area contributed by atoms with Crippen LogP contribution >= 0.6 is 27.3 Å². The van der Waals surface area contributed by atoms with Crippen molar-refractivity contribution < 1.29 is 5.11 Å². The van der Waals surface area contributed by atoms with E-state index in [0.717, 1.165) is 22.9 Å². The lowest BCUT2D eigenvalue weighted by Crippen LogP contribution is -2.31.